The molecular formula is C9H11ClFNO. The molecule has 1 aromatic carbocycles. The molecule has 3 N–H and O–H groups in total. The molecule has 0 aliphatic rings. The number of nitrogens with two attached hydrogens (primary N) is 1. The minimum atomic E-state index is -1.51. The van der Waals surface area contributed by atoms with E-state index in [2.05, 4.69) is 0 Å². The van der Waals surface area contributed by atoms with E-state index in [9.17, 15) is 9.50 Å². The molecule has 0 heterocycles. The van der Waals surface area contributed by atoms with Gasteiger partial charge < -0.3 is 10.8 Å². The predicted octanol–water partition coefficient (Wildman–Crippen LogP) is 2.83. The quantitative estimate of drug-likeness (QED) is 0.545. The summed E-state index contributed by atoms with van der Waals surface area (Å²) in [6.07, 6.45) is 0. The molecular weight excluding hydrogens is 193 g/mol. The molecule has 0 unspecified atom stereocenters. The molecule has 0 amide bonds. The number of rotatable bonds is 1. The number of benzene rings is 1. The van der Waals surface area contributed by atoms with Crippen LogP contribution in [0.15, 0.2) is 12.1 Å². The first kappa shape index (κ1) is 10.1. The lowest BCUT2D eigenvalue weighted by Gasteiger charge is -2.16. The van der Waals surface area contributed by atoms with E-state index < -0.39 is 5.67 Å². The highest BCUT2D eigenvalue weighted by Crippen LogP contribution is 2.35. The zero-order chi connectivity index (χ0) is 10.2. The normalized spacial score (nSPS) is 11.7. The van der Waals surface area contributed by atoms with Crippen LogP contribution in [-0.4, -0.2) is 5.11 Å². The first-order valence-corrected chi connectivity index (χ1v) is 4.17. The summed E-state index contributed by atoms with van der Waals surface area (Å²) < 4.78 is 13.4. The molecule has 0 radical (unpaired) electrons. The molecule has 2 nitrogen and oxygen atoms in total. The number of anilines is 1. The van der Waals surface area contributed by atoms with Crippen LogP contribution in [0.2, 0.25) is 5.02 Å². The van der Waals surface area contributed by atoms with Crippen molar-refractivity contribution >= 4 is 17.3 Å². The Kier molecular flexibility index (Phi) is 2.39. The van der Waals surface area contributed by atoms with E-state index in [0.29, 0.717) is 5.56 Å². The summed E-state index contributed by atoms with van der Waals surface area (Å²) in [7, 11) is 0. The Hall–Kier alpha value is -0.960. The average Bonchev–Trinajstić information content (AvgIpc) is 1.97. The van der Waals surface area contributed by atoms with E-state index in [1.165, 1.54) is 26.0 Å². The maximum Gasteiger partial charge on any atom is 0.157 e. The summed E-state index contributed by atoms with van der Waals surface area (Å²) in [5, 5.41) is 9.29. The molecule has 0 saturated carbocycles. The number of halogens is 2. The fraction of sp³-hybridized carbons (Fsp3) is 0.333. The molecule has 0 aliphatic heterocycles. The second-order valence-electron chi connectivity index (χ2n) is 3.37. The van der Waals surface area contributed by atoms with Gasteiger partial charge in [0.1, 0.15) is 5.67 Å². The topological polar surface area (TPSA) is 46.2 Å². The van der Waals surface area contributed by atoms with E-state index in [1.54, 1.807) is 0 Å². The van der Waals surface area contributed by atoms with Gasteiger partial charge in [-0.3, -0.25) is 0 Å². The van der Waals surface area contributed by atoms with E-state index in [0.717, 1.165) is 0 Å². The highest BCUT2D eigenvalue weighted by Gasteiger charge is 2.21. The van der Waals surface area contributed by atoms with Crippen LogP contribution in [0.1, 0.15) is 19.4 Å². The van der Waals surface area contributed by atoms with Crippen molar-refractivity contribution in [1.82, 2.24) is 0 Å². The van der Waals surface area contributed by atoms with Crippen molar-refractivity contribution in [3.63, 3.8) is 0 Å². The lowest BCUT2D eigenvalue weighted by molar-refractivity contribution is 0.221. The third-order valence-corrected chi connectivity index (χ3v) is 2.07. The zero-order valence-corrected chi connectivity index (χ0v) is 8.19. The number of alkyl halides is 1. The Bertz CT molecular complexity index is 310. The largest absolute Gasteiger partial charge is 0.504 e. The molecule has 0 aromatic heterocycles. The van der Waals surface area contributed by atoms with Crippen LogP contribution < -0.4 is 5.73 Å². The molecule has 0 atom stereocenters. The number of hydrogen-bond acceptors (Lipinski definition) is 2. The summed E-state index contributed by atoms with van der Waals surface area (Å²) in [5.74, 6) is -0.199. The van der Waals surface area contributed by atoms with Crippen LogP contribution >= 0.6 is 11.6 Å². The molecule has 1 aromatic rings. The Morgan fingerprint density at radius 2 is 2.00 bits per heavy atom. The SMILES string of the molecule is CC(C)(F)c1cc(N)c(O)c(Cl)c1. The molecule has 0 fully saturated rings. The van der Waals surface area contributed by atoms with Gasteiger partial charge in [0.15, 0.2) is 5.75 Å². The van der Waals surface area contributed by atoms with E-state index in [4.69, 9.17) is 17.3 Å². The summed E-state index contributed by atoms with van der Waals surface area (Å²) >= 11 is 5.63. The summed E-state index contributed by atoms with van der Waals surface area (Å²) in [4.78, 5) is 0. The molecule has 72 valence electrons. The van der Waals surface area contributed by atoms with Gasteiger partial charge in [0.05, 0.1) is 10.7 Å². The molecule has 0 bridgehead atoms. The predicted molar refractivity (Wildman–Crippen MR) is 51.7 cm³/mol. The van der Waals surface area contributed by atoms with Crippen molar-refractivity contribution in [1.29, 1.82) is 0 Å². The fourth-order valence-corrected chi connectivity index (χ4v) is 1.19. The molecule has 4 heteroatoms. The van der Waals surface area contributed by atoms with Gasteiger partial charge in [-0.2, -0.15) is 0 Å². The van der Waals surface area contributed by atoms with Gasteiger partial charge in [0.25, 0.3) is 0 Å². The van der Waals surface area contributed by atoms with Gasteiger partial charge in [0, 0.05) is 0 Å². The second kappa shape index (κ2) is 3.07. The smallest absolute Gasteiger partial charge is 0.157 e. The van der Waals surface area contributed by atoms with Crippen LogP contribution in [-0.2, 0) is 5.67 Å². The van der Waals surface area contributed by atoms with E-state index >= 15 is 0 Å². The third-order valence-electron chi connectivity index (χ3n) is 1.78. The zero-order valence-electron chi connectivity index (χ0n) is 7.44. The third kappa shape index (κ3) is 2.04. The van der Waals surface area contributed by atoms with Crippen LogP contribution in [0.4, 0.5) is 10.1 Å². The number of nitrogen functional groups attached to an aromatic ring is 1. The van der Waals surface area contributed by atoms with Crippen LogP contribution in [0, 0.1) is 0 Å². The number of aromatic hydroxyl groups is 1. The Morgan fingerprint density at radius 1 is 1.46 bits per heavy atom. The van der Waals surface area contributed by atoms with Gasteiger partial charge in [0.2, 0.25) is 0 Å². The molecule has 1 rings (SSSR count). The summed E-state index contributed by atoms with van der Waals surface area (Å²) in [6, 6.07) is 2.74. The number of hydrogen-bond donors (Lipinski definition) is 2. The number of phenols is 1. The van der Waals surface area contributed by atoms with Crippen molar-refractivity contribution < 1.29 is 9.50 Å². The van der Waals surface area contributed by atoms with Gasteiger partial charge in [-0.05, 0) is 31.5 Å². The van der Waals surface area contributed by atoms with Crippen LogP contribution in [0.3, 0.4) is 0 Å². The Labute approximate surface area is 81.1 Å². The van der Waals surface area contributed by atoms with Crippen molar-refractivity contribution in [2.75, 3.05) is 5.73 Å². The maximum atomic E-state index is 13.4. The second-order valence-corrected chi connectivity index (χ2v) is 3.78. The molecule has 0 saturated heterocycles. The number of phenolic OH excluding ortho intramolecular Hbond substituents is 1. The first-order valence-electron chi connectivity index (χ1n) is 3.79. The lowest BCUT2D eigenvalue weighted by atomic mass is 9.99. The maximum absolute atomic E-state index is 13.4. The van der Waals surface area contributed by atoms with Crippen LogP contribution in [0.25, 0.3) is 0 Å². The molecule has 0 aliphatic carbocycles. The molecule has 13 heavy (non-hydrogen) atoms. The van der Waals surface area contributed by atoms with Crippen molar-refractivity contribution in [2.45, 2.75) is 19.5 Å². The monoisotopic (exact) mass is 203 g/mol. The van der Waals surface area contributed by atoms with Crippen molar-refractivity contribution in [3.8, 4) is 5.75 Å². The van der Waals surface area contributed by atoms with Gasteiger partial charge >= 0.3 is 0 Å². The lowest BCUT2D eigenvalue weighted by Crippen LogP contribution is -2.09. The minimum absolute atomic E-state index is 0.0701. The average molecular weight is 204 g/mol. The van der Waals surface area contributed by atoms with Gasteiger partial charge in [-0.25, -0.2) is 4.39 Å². The fourth-order valence-electron chi connectivity index (χ4n) is 0.964. The van der Waals surface area contributed by atoms with Crippen LogP contribution in [0.5, 0.6) is 5.75 Å². The summed E-state index contributed by atoms with van der Waals surface area (Å²) in [6.45, 7) is 2.80. The minimum Gasteiger partial charge on any atom is -0.504 e. The molecule has 0 spiro atoms. The standard InChI is InChI=1S/C9H11ClFNO/c1-9(2,11)5-3-6(10)8(13)7(12)4-5/h3-4,13H,12H2,1-2H3. The highest BCUT2D eigenvalue weighted by molar-refractivity contribution is 6.32. The Balaban J connectivity index is 3.29. The van der Waals surface area contributed by atoms with E-state index in [-0.39, 0.29) is 16.5 Å². The summed E-state index contributed by atoms with van der Waals surface area (Å²) in [5.41, 5.74) is 4.35. The van der Waals surface area contributed by atoms with Crippen molar-refractivity contribution in [2.24, 2.45) is 0 Å². The highest BCUT2D eigenvalue weighted by atomic mass is 35.5. The van der Waals surface area contributed by atoms with Crippen molar-refractivity contribution in [3.05, 3.63) is 22.7 Å². The van der Waals surface area contributed by atoms with E-state index in [1.807, 2.05) is 0 Å². The first-order chi connectivity index (χ1) is 5.82. The van der Waals surface area contributed by atoms with Gasteiger partial charge in [-0.15, -0.1) is 0 Å². The van der Waals surface area contributed by atoms with Gasteiger partial charge in [-0.1, -0.05) is 11.6 Å². The Morgan fingerprint density at radius 3 is 2.38 bits per heavy atom.